The van der Waals surface area contributed by atoms with E-state index in [1.165, 1.54) is 0 Å². The van der Waals surface area contributed by atoms with Crippen LogP contribution in [0.25, 0.3) is 0 Å². The Morgan fingerprint density at radius 2 is 2.11 bits per heavy atom. The number of fused-ring (bicyclic) bond motifs is 1. The summed E-state index contributed by atoms with van der Waals surface area (Å²) in [4.78, 5) is 15.1. The van der Waals surface area contributed by atoms with Crippen molar-refractivity contribution in [1.29, 1.82) is 0 Å². The summed E-state index contributed by atoms with van der Waals surface area (Å²) in [5, 5.41) is 0. The second kappa shape index (κ2) is 4.16. The maximum absolute atomic E-state index is 11.6. The molecule has 0 bridgehead atoms. The molecule has 0 aliphatic carbocycles. The van der Waals surface area contributed by atoms with Gasteiger partial charge in [0.2, 0.25) is 6.10 Å². The van der Waals surface area contributed by atoms with Gasteiger partial charge < -0.3 is 19.9 Å². The normalized spacial score (nSPS) is 21.5. The Balaban J connectivity index is 1.99. The van der Waals surface area contributed by atoms with Gasteiger partial charge >= 0.3 is 0 Å². The van der Waals surface area contributed by atoms with E-state index in [0.29, 0.717) is 34.7 Å². The molecule has 1 atom stereocenters. The molecule has 0 radical (unpaired) electrons. The van der Waals surface area contributed by atoms with Crippen molar-refractivity contribution in [2.45, 2.75) is 6.10 Å². The lowest BCUT2D eigenvalue weighted by Crippen LogP contribution is -2.17. The summed E-state index contributed by atoms with van der Waals surface area (Å²) in [6.07, 6.45) is -0.808. The van der Waals surface area contributed by atoms with Crippen molar-refractivity contribution >= 4 is 27.9 Å². The van der Waals surface area contributed by atoms with Crippen molar-refractivity contribution in [3.8, 4) is 11.5 Å². The molecule has 3 rings (SSSR count). The molecule has 0 spiro atoms. The van der Waals surface area contributed by atoms with Crippen molar-refractivity contribution in [1.82, 2.24) is 0 Å². The molecule has 1 aromatic rings. The third-order valence-electron chi connectivity index (χ3n) is 2.61. The van der Waals surface area contributed by atoms with Gasteiger partial charge in [-0.2, -0.15) is 4.99 Å². The first-order chi connectivity index (χ1) is 8.65. The van der Waals surface area contributed by atoms with Crippen LogP contribution in [0.3, 0.4) is 0 Å². The molecule has 18 heavy (non-hydrogen) atoms. The molecule has 7 heteroatoms. The third-order valence-corrected chi connectivity index (χ3v) is 3.19. The molecule has 2 aliphatic rings. The van der Waals surface area contributed by atoms with E-state index in [-0.39, 0.29) is 6.02 Å². The number of amidine groups is 1. The van der Waals surface area contributed by atoms with Crippen LogP contribution in [0.1, 0.15) is 11.7 Å². The van der Waals surface area contributed by atoms with Crippen LogP contribution in [0.5, 0.6) is 11.5 Å². The molecule has 1 aromatic carbocycles. The van der Waals surface area contributed by atoms with Crippen molar-refractivity contribution in [2.75, 3.05) is 13.2 Å². The van der Waals surface area contributed by atoms with Gasteiger partial charge in [-0.1, -0.05) is 0 Å². The fourth-order valence-corrected chi connectivity index (χ4v) is 2.43. The zero-order valence-corrected chi connectivity index (χ0v) is 10.8. The average molecular weight is 313 g/mol. The minimum absolute atomic E-state index is 0.115. The minimum atomic E-state index is -0.808. The third kappa shape index (κ3) is 1.80. The number of rotatable bonds is 1. The van der Waals surface area contributed by atoms with Crippen LogP contribution in [0.15, 0.2) is 21.6 Å². The van der Waals surface area contributed by atoms with E-state index in [1.807, 2.05) is 0 Å². The zero-order valence-electron chi connectivity index (χ0n) is 9.18. The van der Waals surface area contributed by atoms with Gasteiger partial charge in [-0.15, -0.1) is 0 Å². The first kappa shape index (κ1) is 11.3. The fraction of sp³-hybridized carbons (Fsp3) is 0.273. The molecule has 0 aromatic heterocycles. The number of nitrogens with zero attached hydrogens (tertiary/aromatic N) is 1. The topological polar surface area (TPSA) is 83.1 Å². The minimum Gasteiger partial charge on any atom is -0.486 e. The maximum atomic E-state index is 11.6. The molecule has 0 fully saturated rings. The van der Waals surface area contributed by atoms with Gasteiger partial charge in [-0.3, -0.25) is 4.79 Å². The Kier molecular flexibility index (Phi) is 2.62. The Hall–Kier alpha value is -1.76. The summed E-state index contributed by atoms with van der Waals surface area (Å²) in [7, 11) is 0. The summed E-state index contributed by atoms with van der Waals surface area (Å²) in [5.74, 6) is 0.785. The molecule has 6 nitrogen and oxygen atoms in total. The van der Waals surface area contributed by atoms with E-state index < -0.39 is 12.0 Å². The Labute approximate surface area is 111 Å². The van der Waals surface area contributed by atoms with Crippen molar-refractivity contribution in [3.05, 3.63) is 22.2 Å². The molecule has 2 heterocycles. The van der Waals surface area contributed by atoms with Crippen LogP contribution in [-0.4, -0.2) is 25.1 Å². The maximum Gasteiger partial charge on any atom is 0.296 e. The van der Waals surface area contributed by atoms with Crippen molar-refractivity contribution < 1.29 is 19.0 Å². The van der Waals surface area contributed by atoms with Crippen molar-refractivity contribution in [2.24, 2.45) is 10.7 Å². The first-order valence-corrected chi connectivity index (χ1v) is 6.08. The number of carbonyl (C=O) groups is 1. The van der Waals surface area contributed by atoms with E-state index >= 15 is 0 Å². The molecule has 0 saturated heterocycles. The number of benzene rings is 1. The number of aliphatic imine (C=N–C) groups is 1. The van der Waals surface area contributed by atoms with Gasteiger partial charge in [0.15, 0.2) is 11.5 Å². The summed E-state index contributed by atoms with van der Waals surface area (Å²) >= 11 is 3.37. The lowest BCUT2D eigenvalue weighted by molar-refractivity contribution is -0.122. The van der Waals surface area contributed by atoms with Crippen LogP contribution >= 0.6 is 15.9 Å². The number of halogens is 1. The number of amides is 1. The number of nitrogens with two attached hydrogens (primary N) is 1. The molecule has 2 N–H and O–H groups in total. The van der Waals surface area contributed by atoms with Crippen LogP contribution < -0.4 is 15.2 Å². The largest absolute Gasteiger partial charge is 0.486 e. The molecule has 2 aliphatic heterocycles. The van der Waals surface area contributed by atoms with Gasteiger partial charge in [0, 0.05) is 5.56 Å². The number of ether oxygens (including phenoxy) is 3. The first-order valence-electron chi connectivity index (χ1n) is 5.29. The van der Waals surface area contributed by atoms with E-state index in [2.05, 4.69) is 20.9 Å². The molecule has 1 amide bonds. The Bertz CT molecular complexity index is 558. The van der Waals surface area contributed by atoms with Gasteiger partial charge in [-0.25, -0.2) is 0 Å². The molecule has 0 saturated carbocycles. The fourth-order valence-electron chi connectivity index (χ4n) is 1.86. The van der Waals surface area contributed by atoms with Gasteiger partial charge in [-0.05, 0) is 28.1 Å². The summed E-state index contributed by atoms with van der Waals surface area (Å²) in [5.41, 5.74) is 5.99. The summed E-state index contributed by atoms with van der Waals surface area (Å²) < 4.78 is 16.8. The highest BCUT2D eigenvalue weighted by Gasteiger charge is 2.31. The van der Waals surface area contributed by atoms with Gasteiger partial charge in [0.05, 0.1) is 4.47 Å². The number of hydrogen-bond acceptors (Lipinski definition) is 5. The predicted molar refractivity (Wildman–Crippen MR) is 65.6 cm³/mol. The van der Waals surface area contributed by atoms with Crippen LogP contribution in [0.2, 0.25) is 0 Å². The van der Waals surface area contributed by atoms with E-state index in [1.54, 1.807) is 12.1 Å². The quantitative estimate of drug-likeness (QED) is 0.840. The molecular weight excluding hydrogens is 304 g/mol. The highest BCUT2D eigenvalue weighted by atomic mass is 79.9. The monoisotopic (exact) mass is 312 g/mol. The second-order valence-corrected chi connectivity index (χ2v) is 4.67. The predicted octanol–water partition coefficient (Wildman–Crippen LogP) is 1.13. The van der Waals surface area contributed by atoms with Gasteiger partial charge in [0.25, 0.3) is 11.9 Å². The highest BCUT2D eigenvalue weighted by Crippen LogP contribution is 2.41. The summed E-state index contributed by atoms with van der Waals surface area (Å²) in [6, 6.07) is 3.33. The van der Waals surface area contributed by atoms with Gasteiger partial charge in [0.1, 0.15) is 13.2 Å². The van der Waals surface area contributed by atoms with Crippen molar-refractivity contribution in [3.63, 3.8) is 0 Å². The zero-order chi connectivity index (χ0) is 12.7. The average Bonchev–Trinajstić information content (AvgIpc) is 2.68. The molecular formula is C11H9BrN2O4. The Morgan fingerprint density at radius 1 is 1.33 bits per heavy atom. The van der Waals surface area contributed by atoms with Crippen LogP contribution in [0, 0.1) is 0 Å². The van der Waals surface area contributed by atoms with E-state index in [0.717, 1.165) is 0 Å². The van der Waals surface area contributed by atoms with Crippen LogP contribution in [-0.2, 0) is 9.53 Å². The van der Waals surface area contributed by atoms with E-state index in [9.17, 15) is 4.79 Å². The summed E-state index contributed by atoms with van der Waals surface area (Å²) in [6.45, 7) is 0.973. The lowest BCUT2D eigenvalue weighted by atomic mass is 10.1. The number of carbonyl (C=O) groups excluding carboxylic acids is 1. The smallest absolute Gasteiger partial charge is 0.296 e. The van der Waals surface area contributed by atoms with Crippen LogP contribution in [0.4, 0.5) is 0 Å². The Morgan fingerprint density at radius 3 is 2.83 bits per heavy atom. The lowest BCUT2D eigenvalue weighted by Gasteiger charge is -2.21. The highest BCUT2D eigenvalue weighted by molar-refractivity contribution is 9.10. The SMILES string of the molecule is NC1=NC(=O)C(c2cc(Br)c3c(c2)OCCO3)O1. The second-order valence-electron chi connectivity index (χ2n) is 3.81. The standard InChI is InChI=1S/C11H9BrN2O4/c12-6-3-5(8-10(15)14-11(13)18-8)4-7-9(6)17-2-1-16-7/h3-4,8H,1-2H2,(H2,13,14,15). The van der Waals surface area contributed by atoms with E-state index in [4.69, 9.17) is 19.9 Å². The molecule has 94 valence electrons. The molecule has 1 unspecified atom stereocenters. The number of hydrogen-bond donors (Lipinski definition) is 1.